The summed E-state index contributed by atoms with van der Waals surface area (Å²) in [5.41, 5.74) is -2.53. The second-order valence-corrected chi connectivity index (χ2v) is 8.03. The van der Waals surface area contributed by atoms with E-state index in [-0.39, 0.29) is 30.8 Å². The molecule has 0 bridgehead atoms. The number of nitrogens with zero attached hydrogens (tertiary/aromatic N) is 2. The zero-order valence-electron chi connectivity index (χ0n) is 19.7. The maximum absolute atomic E-state index is 14.2. The van der Waals surface area contributed by atoms with Gasteiger partial charge in [0.15, 0.2) is 17.0 Å². The van der Waals surface area contributed by atoms with Gasteiger partial charge < -0.3 is 14.6 Å². The van der Waals surface area contributed by atoms with Crippen molar-refractivity contribution in [2.24, 2.45) is 5.92 Å². The van der Waals surface area contributed by atoms with Crippen LogP contribution in [0.3, 0.4) is 0 Å². The molecular formula is C24H29FN2O7. The van der Waals surface area contributed by atoms with Crippen LogP contribution in [0.2, 0.25) is 0 Å². The Labute approximate surface area is 196 Å². The highest BCUT2D eigenvalue weighted by Crippen LogP contribution is 2.16. The van der Waals surface area contributed by atoms with E-state index in [4.69, 9.17) is 9.47 Å². The SMILES string of the molecule is CCOC(=O)c1nc(CC(F)CC)n(CC(=O)c2ccc(OCC(C)C)cc2)c(=O)c1C(=O)O. The fourth-order valence-corrected chi connectivity index (χ4v) is 3.03. The summed E-state index contributed by atoms with van der Waals surface area (Å²) < 4.78 is 25.4. The average molecular weight is 477 g/mol. The summed E-state index contributed by atoms with van der Waals surface area (Å²) in [6, 6.07) is 6.26. The van der Waals surface area contributed by atoms with E-state index < -0.39 is 47.3 Å². The normalized spacial score (nSPS) is 11.8. The molecule has 1 aromatic carbocycles. The van der Waals surface area contributed by atoms with Crippen LogP contribution in [0.1, 0.15) is 71.1 Å². The van der Waals surface area contributed by atoms with Crippen LogP contribution < -0.4 is 10.3 Å². The van der Waals surface area contributed by atoms with Crippen molar-refractivity contribution < 1.29 is 33.4 Å². The molecule has 2 rings (SSSR count). The van der Waals surface area contributed by atoms with Gasteiger partial charge in [-0.15, -0.1) is 0 Å². The van der Waals surface area contributed by atoms with Crippen LogP contribution in [-0.4, -0.2) is 51.8 Å². The summed E-state index contributed by atoms with van der Waals surface area (Å²) in [5.74, 6) is -2.65. The van der Waals surface area contributed by atoms with Gasteiger partial charge in [0.05, 0.1) is 19.8 Å². The molecule has 1 aromatic heterocycles. The third kappa shape index (κ3) is 6.72. The Kier molecular flexibility index (Phi) is 9.47. The first-order valence-corrected chi connectivity index (χ1v) is 11.0. The number of aromatic nitrogens is 2. The molecule has 2 aromatic rings. The lowest BCUT2D eigenvalue weighted by Gasteiger charge is -2.16. The number of carboxylic acids is 1. The number of benzene rings is 1. The quantitative estimate of drug-likeness (QED) is 0.365. The van der Waals surface area contributed by atoms with Crippen molar-refractivity contribution >= 4 is 17.7 Å². The number of aromatic carboxylic acids is 1. The zero-order valence-corrected chi connectivity index (χ0v) is 19.7. The minimum absolute atomic E-state index is 0.0753. The van der Waals surface area contributed by atoms with Gasteiger partial charge in [-0.25, -0.2) is 19.0 Å². The predicted molar refractivity (Wildman–Crippen MR) is 121 cm³/mol. The minimum Gasteiger partial charge on any atom is -0.493 e. The number of ether oxygens (including phenoxy) is 2. The number of halogens is 1. The highest BCUT2D eigenvalue weighted by molar-refractivity contribution is 6.01. The summed E-state index contributed by atoms with van der Waals surface area (Å²) in [6.07, 6.45) is -1.71. The van der Waals surface area contributed by atoms with E-state index in [1.807, 2.05) is 13.8 Å². The van der Waals surface area contributed by atoms with E-state index in [0.717, 1.165) is 4.57 Å². The molecule has 1 heterocycles. The second kappa shape index (κ2) is 12.1. The van der Waals surface area contributed by atoms with Crippen LogP contribution in [0.5, 0.6) is 5.75 Å². The molecule has 34 heavy (non-hydrogen) atoms. The number of alkyl halides is 1. The lowest BCUT2D eigenvalue weighted by Crippen LogP contribution is -2.36. The van der Waals surface area contributed by atoms with Crippen LogP contribution in [0.25, 0.3) is 0 Å². The largest absolute Gasteiger partial charge is 0.493 e. The molecule has 184 valence electrons. The molecule has 9 nitrogen and oxygen atoms in total. The highest BCUT2D eigenvalue weighted by Gasteiger charge is 2.28. The second-order valence-electron chi connectivity index (χ2n) is 8.03. The van der Waals surface area contributed by atoms with Crippen LogP contribution in [0, 0.1) is 5.92 Å². The molecule has 0 aliphatic heterocycles. The van der Waals surface area contributed by atoms with Gasteiger partial charge in [-0.1, -0.05) is 20.8 Å². The van der Waals surface area contributed by atoms with E-state index in [2.05, 4.69) is 4.98 Å². The third-order valence-electron chi connectivity index (χ3n) is 4.84. The van der Waals surface area contributed by atoms with E-state index in [9.17, 15) is 28.7 Å². The Morgan fingerprint density at radius 3 is 2.32 bits per heavy atom. The van der Waals surface area contributed by atoms with Gasteiger partial charge in [0.25, 0.3) is 5.56 Å². The van der Waals surface area contributed by atoms with E-state index >= 15 is 0 Å². The fraction of sp³-hybridized carbons (Fsp3) is 0.458. The number of rotatable bonds is 12. The standard InChI is InChI=1S/C24H29FN2O7/c1-5-16(25)11-19-26-21(24(32)33-6-2)20(23(30)31)22(29)27(19)12-18(28)15-7-9-17(10-8-15)34-13-14(3)4/h7-10,14,16H,5-6,11-13H2,1-4H3,(H,30,31). The zero-order chi connectivity index (χ0) is 25.4. The summed E-state index contributed by atoms with van der Waals surface area (Å²) in [5, 5.41) is 9.54. The van der Waals surface area contributed by atoms with Crippen LogP contribution >= 0.6 is 0 Å². The number of ketones is 1. The highest BCUT2D eigenvalue weighted by atomic mass is 19.1. The lowest BCUT2D eigenvalue weighted by atomic mass is 10.1. The monoisotopic (exact) mass is 476 g/mol. The van der Waals surface area contributed by atoms with E-state index in [1.54, 1.807) is 19.1 Å². The number of carboxylic acid groups (broad SMARTS) is 1. The van der Waals surface area contributed by atoms with Crippen molar-refractivity contribution in [2.75, 3.05) is 13.2 Å². The molecule has 0 saturated heterocycles. The number of hydrogen-bond acceptors (Lipinski definition) is 7. The molecule has 1 N–H and O–H groups in total. The molecule has 0 radical (unpaired) electrons. The first-order valence-electron chi connectivity index (χ1n) is 11.0. The summed E-state index contributed by atoms with van der Waals surface area (Å²) >= 11 is 0. The Morgan fingerprint density at radius 2 is 1.79 bits per heavy atom. The number of hydrogen-bond donors (Lipinski definition) is 1. The summed E-state index contributed by atoms with van der Waals surface area (Å²) in [7, 11) is 0. The van der Waals surface area contributed by atoms with E-state index in [0.29, 0.717) is 18.3 Å². The molecule has 0 aliphatic rings. The molecular weight excluding hydrogens is 447 g/mol. The maximum atomic E-state index is 14.2. The Bertz CT molecular complexity index is 1090. The van der Waals surface area contributed by atoms with Gasteiger partial charge in [-0.05, 0) is 43.5 Å². The van der Waals surface area contributed by atoms with Gasteiger partial charge in [0.2, 0.25) is 0 Å². The Balaban J connectivity index is 2.48. The summed E-state index contributed by atoms with van der Waals surface area (Å²) in [4.78, 5) is 53.9. The topological polar surface area (TPSA) is 125 Å². The molecule has 1 unspecified atom stereocenters. The molecule has 0 fully saturated rings. The van der Waals surface area contributed by atoms with Crippen molar-refractivity contribution in [1.29, 1.82) is 0 Å². The first kappa shape index (κ1) is 26.7. The Morgan fingerprint density at radius 1 is 1.15 bits per heavy atom. The lowest BCUT2D eigenvalue weighted by molar-refractivity contribution is 0.0505. The minimum atomic E-state index is -1.70. The van der Waals surface area contributed by atoms with Gasteiger partial charge in [0.1, 0.15) is 17.7 Å². The molecule has 0 aliphatic carbocycles. The van der Waals surface area contributed by atoms with Gasteiger partial charge in [-0.3, -0.25) is 14.2 Å². The predicted octanol–water partition coefficient (Wildman–Crippen LogP) is 3.33. The molecule has 0 spiro atoms. The smallest absolute Gasteiger partial charge is 0.358 e. The van der Waals surface area contributed by atoms with Gasteiger partial charge in [-0.2, -0.15) is 0 Å². The third-order valence-corrected chi connectivity index (χ3v) is 4.84. The molecule has 0 saturated carbocycles. The molecule has 1 atom stereocenters. The fourth-order valence-electron chi connectivity index (χ4n) is 3.03. The number of Topliss-reactive ketones (excluding diaryl/α,β-unsaturated/α-hetero) is 1. The van der Waals surface area contributed by atoms with Crippen molar-refractivity contribution in [3.05, 3.63) is 57.3 Å². The van der Waals surface area contributed by atoms with Crippen LogP contribution in [0.4, 0.5) is 4.39 Å². The maximum Gasteiger partial charge on any atom is 0.358 e. The van der Waals surface area contributed by atoms with Crippen LogP contribution in [-0.2, 0) is 17.7 Å². The van der Waals surface area contributed by atoms with Crippen molar-refractivity contribution in [3.63, 3.8) is 0 Å². The first-order chi connectivity index (χ1) is 16.1. The number of esters is 1. The van der Waals surface area contributed by atoms with Crippen molar-refractivity contribution in [3.8, 4) is 5.75 Å². The number of carbonyl (C=O) groups excluding carboxylic acids is 2. The van der Waals surface area contributed by atoms with E-state index in [1.165, 1.54) is 19.1 Å². The molecule has 10 heteroatoms. The Hall–Kier alpha value is -3.56. The van der Waals surface area contributed by atoms with Gasteiger partial charge in [0, 0.05) is 12.0 Å². The van der Waals surface area contributed by atoms with Crippen molar-refractivity contribution in [1.82, 2.24) is 9.55 Å². The van der Waals surface area contributed by atoms with Crippen LogP contribution in [0.15, 0.2) is 29.1 Å². The molecule has 0 amide bonds. The summed E-state index contributed by atoms with van der Waals surface area (Å²) in [6.45, 7) is 6.94. The van der Waals surface area contributed by atoms with Crippen molar-refractivity contribution in [2.45, 2.75) is 53.3 Å². The average Bonchev–Trinajstić information content (AvgIpc) is 2.79. The number of carbonyl (C=O) groups is 3. The van der Waals surface area contributed by atoms with Gasteiger partial charge >= 0.3 is 11.9 Å².